The number of amidine groups is 1. The highest BCUT2D eigenvalue weighted by Crippen LogP contribution is 2.11. The Balaban J connectivity index is 2.89. The van der Waals surface area contributed by atoms with Gasteiger partial charge < -0.3 is 5.73 Å². The third-order valence-electron chi connectivity index (χ3n) is 1.75. The smallest absolute Gasteiger partial charge is 0.180 e. The number of nitrogens with zero attached hydrogens (tertiary/aromatic N) is 2. The van der Waals surface area contributed by atoms with Crippen molar-refractivity contribution in [2.75, 3.05) is 6.26 Å². The first-order valence-electron chi connectivity index (χ1n) is 4.31. The highest BCUT2D eigenvalue weighted by molar-refractivity contribution is 8.13. The highest BCUT2D eigenvalue weighted by atomic mass is 35.5. The Bertz CT molecular complexity index is 401. The lowest BCUT2D eigenvalue weighted by atomic mass is 10.1. The number of benzene rings is 1. The molecule has 0 bridgehead atoms. The molecule has 2 N–H and O–H groups in total. The van der Waals surface area contributed by atoms with Crippen molar-refractivity contribution in [3.63, 3.8) is 0 Å². The molecule has 15 heavy (non-hydrogen) atoms. The lowest BCUT2D eigenvalue weighted by molar-refractivity contribution is 1.23. The Kier molecular flexibility index (Phi) is 4.65. The topological polar surface area (TPSA) is 50.7 Å². The Hall–Kier alpha value is -1.00. The van der Waals surface area contributed by atoms with E-state index < -0.39 is 0 Å². The summed E-state index contributed by atoms with van der Waals surface area (Å²) >= 11 is 7.22. The zero-order chi connectivity index (χ0) is 11.3. The molecule has 0 aliphatic heterocycles. The van der Waals surface area contributed by atoms with Crippen LogP contribution in [0.1, 0.15) is 12.5 Å². The van der Waals surface area contributed by atoms with Crippen molar-refractivity contribution in [2.24, 2.45) is 15.9 Å². The maximum Gasteiger partial charge on any atom is 0.180 e. The summed E-state index contributed by atoms with van der Waals surface area (Å²) in [5.41, 5.74) is 7.24. The molecule has 0 saturated heterocycles. The summed E-state index contributed by atoms with van der Waals surface area (Å²) in [5, 5.41) is 8.98. The van der Waals surface area contributed by atoms with Crippen LogP contribution in [-0.2, 0) is 0 Å². The zero-order valence-corrected chi connectivity index (χ0v) is 10.1. The van der Waals surface area contributed by atoms with E-state index >= 15 is 0 Å². The maximum atomic E-state index is 5.86. The molecule has 1 rings (SSSR count). The van der Waals surface area contributed by atoms with Gasteiger partial charge in [0.1, 0.15) is 0 Å². The molecule has 0 radical (unpaired) electrons. The molecule has 0 aliphatic carbocycles. The fourth-order valence-electron chi connectivity index (χ4n) is 0.936. The molecule has 0 saturated carbocycles. The standard InChI is InChI=1S/C10H12ClN3S/c1-7(13-14-10(12)15-2)8-4-3-5-9(11)6-8/h3-6H,1-2H3,(H2,12,14)/b13-7+. The molecule has 0 aliphatic rings. The number of halogens is 1. The van der Waals surface area contributed by atoms with Crippen LogP contribution in [0.15, 0.2) is 34.5 Å². The molecule has 80 valence electrons. The van der Waals surface area contributed by atoms with Gasteiger partial charge in [0.2, 0.25) is 0 Å². The Labute approximate surface area is 98.4 Å². The third-order valence-corrected chi connectivity index (χ3v) is 2.49. The van der Waals surface area contributed by atoms with E-state index in [1.54, 1.807) is 0 Å². The molecule has 0 spiro atoms. The lowest BCUT2D eigenvalue weighted by Gasteiger charge is -1.99. The molecule has 0 heterocycles. The van der Waals surface area contributed by atoms with E-state index in [9.17, 15) is 0 Å². The second-order valence-corrected chi connectivity index (χ2v) is 4.10. The summed E-state index contributed by atoms with van der Waals surface area (Å²) < 4.78 is 0. The molecular weight excluding hydrogens is 230 g/mol. The summed E-state index contributed by atoms with van der Waals surface area (Å²) in [6.07, 6.45) is 1.85. The van der Waals surface area contributed by atoms with Crippen molar-refractivity contribution in [1.29, 1.82) is 0 Å². The van der Waals surface area contributed by atoms with E-state index in [1.165, 1.54) is 11.8 Å². The van der Waals surface area contributed by atoms with Crippen LogP contribution in [0.5, 0.6) is 0 Å². The fraction of sp³-hybridized carbons (Fsp3) is 0.200. The maximum absolute atomic E-state index is 5.86. The van der Waals surface area contributed by atoms with Gasteiger partial charge in [0.05, 0.1) is 5.71 Å². The van der Waals surface area contributed by atoms with Gasteiger partial charge in [0.25, 0.3) is 0 Å². The molecule has 0 atom stereocenters. The number of hydrogen-bond acceptors (Lipinski definition) is 3. The summed E-state index contributed by atoms with van der Waals surface area (Å²) in [5.74, 6) is 0. The number of nitrogens with two attached hydrogens (primary N) is 1. The summed E-state index contributed by atoms with van der Waals surface area (Å²) in [6, 6.07) is 7.46. The van der Waals surface area contributed by atoms with Crippen LogP contribution < -0.4 is 5.73 Å². The van der Waals surface area contributed by atoms with Gasteiger partial charge in [0.15, 0.2) is 5.17 Å². The average Bonchev–Trinajstić information content (AvgIpc) is 2.25. The molecular formula is C10H12ClN3S. The Morgan fingerprint density at radius 3 is 2.73 bits per heavy atom. The van der Waals surface area contributed by atoms with Crippen molar-refractivity contribution in [3.8, 4) is 0 Å². The van der Waals surface area contributed by atoms with Crippen LogP contribution in [0.3, 0.4) is 0 Å². The van der Waals surface area contributed by atoms with E-state index in [0.717, 1.165) is 11.3 Å². The summed E-state index contributed by atoms with van der Waals surface area (Å²) in [7, 11) is 0. The van der Waals surface area contributed by atoms with Gasteiger partial charge in [-0.25, -0.2) is 0 Å². The van der Waals surface area contributed by atoms with Crippen molar-refractivity contribution in [2.45, 2.75) is 6.92 Å². The predicted molar refractivity (Wildman–Crippen MR) is 68.8 cm³/mol. The van der Waals surface area contributed by atoms with Gasteiger partial charge in [-0.2, -0.15) is 5.10 Å². The average molecular weight is 242 g/mol. The highest BCUT2D eigenvalue weighted by Gasteiger charge is 1.97. The van der Waals surface area contributed by atoms with Gasteiger partial charge in [0, 0.05) is 5.02 Å². The van der Waals surface area contributed by atoms with E-state index in [-0.39, 0.29) is 0 Å². The molecule has 0 aromatic heterocycles. The van der Waals surface area contributed by atoms with E-state index in [2.05, 4.69) is 10.2 Å². The quantitative estimate of drug-likeness (QED) is 0.492. The van der Waals surface area contributed by atoms with Crippen LogP contribution in [-0.4, -0.2) is 17.1 Å². The minimum absolute atomic E-state index is 0.441. The van der Waals surface area contributed by atoms with Crippen LogP contribution in [0.2, 0.25) is 5.02 Å². The van der Waals surface area contributed by atoms with Crippen molar-refractivity contribution in [1.82, 2.24) is 0 Å². The normalized spacial score (nSPS) is 13.0. The zero-order valence-electron chi connectivity index (χ0n) is 8.57. The van der Waals surface area contributed by atoms with Gasteiger partial charge in [-0.1, -0.05) is 35.5 Å². The molecule has 1 aromatic carbocycles. The van der Waals surface area contributed by atoms with Crippen molar-refractivity contribution >= 4 is 34.2 Å². The number of hydrogen-bond donors (Lipinski definition) is 1. The molecule has 1 aromatic rings. The van der Waals surface area contributed by atoms with Gasteiger partial charge >= 0.3 is 0 Å². The van der Waals surface area contributed by atoms with Gasteiger partial charge in [-0.15, -0.1) is 5.10 Å². The number of thioether (sulfide) groups is 1. The lowest BCUT2D eigenvalue weighted by Crippen LogP contribution is -2.05. The Morgan fingerprint density at radius 2 is 2.13 bits per heavy atom. The third kappa shape index (κ3) is 3.93. The molecule has 5 heteroatoms. The van der Waals surface area contributed by atoms with Gasteiger partial charge in [-0.3, -0.25) is 0 Å². The minimum atomic E-state index is 0.441. The fourth-order valence-corrected chi connectivity index (χ4v) is 1.25. The van der Waals surface area contributed by atoms with E-state index in [0.29, 0.717) is 10.2 Å². The monoisotopic (exact) mass is 241 g/mol. The van der Waals surface area contributed by atoms with E-state index in [4.69, 9.17) is 17.3 Å². The first kappa shape index (κ1) is 12.1. The van der Waals surface area contributed by atoms with Crippen LogP contribution >= 0.6 is 23.4 Å². The molecule has 0 amide bonds. The second kappa shape index (κ2) is 5.78. The van der Waals surface area contributed by atoms with E-state index in [1.807, 2.05) is 37.4 Å². The Morgan fingerprint density at radius 1 is 1.40 bits per heavy atom. The first-order chi connectivity index (χ1) is 7.13. The second-order valence-electron chi connectivity index (χ2n) is 2.84. The predicted octanol–water partition coefficient (Wildman–Crippen LogP) is 2.74. The number of rotatable bonds is 2. The summed E-state index contributed by atoms with van der Waals surface area (Å²) in [4.78, 5) is 0. The van der Waals surface area contributed by atoms with Crippen LogP contribution in [0.4, 0.5) is 0 Å². The SMILES string of the molecule is CS/C(N)=N\N=C(/C)c1cccc(Cl)c1. The minimum Gasteiger partial charge on any atom is -0.377 e. The first-order valence-corrected chi connectivity index (χ1v) is 5.91. The van der Waals surface area contributed by atoms with Crippen LogP contribution in [0.25, 0.3) is 0 Å². The molecule has 0 fully saturated rings. The van der Waals surface area contributed by atoms with Crippen molar-refractivity contribution < 1.29 is 0 Å². The van der Waals surface area contributed by atoms with Gasteiger partial charge in [-0.05, 0) is 30.9 Å². The summed E-state index contributed by atoms with van der Waals surface area (Å²) in [6.45, 7) is 1.86. The largest absolute Gasteiger partial charge is 0.377 e. The van der Waals surface area contributed by atoms with Crippen molar-refractivity contribution in [3.05, 3.63) is 34.9 Å². The molecule has 0 unspecified atom stereocenters. The van der Waals surface area contributed by atoms with Crippen LogP contribution in [0, 0.1) is 0 Å². The molecule has 3 nitrogen and oxygen atoms in total.